The van der Waals surface area contributed by atoms with E-state index in [2.05, 4.69) is 0 Å². The number of hydrogen-bond acceptors (Lipinski definition) is 4. The summed E-state index contributed by atoms with van der Waals surface area (Å²) in [6.07, 6.45) is 5.37. The van der Waals surface area contributed by atoms with E-state index in [0.29, 0.717) is 19.6 Å². The van der Waals surface area contributed by atoms with Gasteiger partial charge in [0, 0.05) is 46.3 Å². The number of carbonyl (C=O) groups is 1. The molecular weight excluding hydrogens is 280 g/mol. The molecule has 0 radical (unpaired) electrons. The summed E-state index contributed by atoms with van der Waals surface area (Å²) in [5.41, 5.74) is 0. The molecule has 1 aliphatic rings. The summed E-state index contributed by atoms with van der Waals surface area (Å²) in [6.45, 7) is 2.80. The number of rotatable bonds is 8. The van der Waals surface area contributed by atoms with Crippen molar-refractivity contribution in [3.05, 3.63) is 0 Å². The highest BCUT2D eigenvalue weighted by Crippen LogP contribution is 2.11. The van der Waals surface area contributed by atoms with Crippen molar-refractivity contribution in [1.82, 2.24) is 9.21 Å². The fourth-order valence-corrected chi connectivity index (χ4v) is 3.23. The van der Waals surface area contributed by atoms with Crippen LogP contribution in [0.5, 0.6) is 0 Å². The highest BCUT2D eigenvalue weighted by atomic mass is 32.2. The summed E-state index contributed by atoms with van der Waals surface area (Å²) in [4.78, 5) is 13.9. The Balaban J connectivity index is 2.42. The van der Waals surface area contributed by atoms with Crippen LogP contribution in [0.25, 0.3) is 0 Å². The van der Waals surface area contributed by atoms with Crippen molar-refractivity contribution in [2.45, 2.75) is 32.1 Å². The topological polar surface area (TPSA) is 66.9 Å². The Morgan fingerprint density at radius 1 is 1.20 bits per heavy atom. The third kappa shape index (κ3) is 6.19. The van der Waals surface area contributed by atoms with E-state index in [0.717, 1.165) is 25.9 Å². The molecule has 0 aromatic rings. The number of carbonyl (C=O) groups excluding carboxylic acids is 1. The molecule has 0 spiro atoms. The SMILES string of the molecule is COCCCN(CCC(=O)N1CCCCC1)S(C)(=O)=O. The molecule has 1 saturated heterocycles. The zero-order valence-electron chi connectivity index (χ0n) is 12.5. The van der Waals surface area contributed by atoms with Crippen LogP contribution in [0.1, 0.15) is 32.1 Å². The normalized spacial score (nSPS) is 16.6. The highest BCUT2D eigenvalue weighted by molar-refractivity contribution is 7.88. The van der Waals surface area contributed by atoms with Crippen LogP contribution >= 0.6 is 0 Å². The molecule has 1 rings (SSSR count). The van der Waals surface area contributed by atoms with E-state index in [4.69, 9.17) is 4.74 Å². The molecule has 1 aliphatic heterocycles. The van der Waals surface area contributed by atoms with Gasteiger partial charge >= 0.3 is 0 Å². The summed E-state index contributed by atoms with van der Waals surface area (Å²) in [5.74, 6) is 0.0603. The minimum atomic E-state index is -3.26. The lowest BCUT2D eigenvalue weighted by Gasteiger charge is -2.28. The van der Waals surface area contributed by atoms with Gasteiger partial charge in [0.25, 0.3) is 0 Å². The van der Waals surface area contributed by atoms with Crippen molar-refractivity contribution in [1.29, 1.82) is 0 Å². The van der Waals surface area contributed by atoms with Gasteiger partial charge < -0.3 is 9.64 Å². The van der Waals surface area contributed by atoms with Gasteiger partial charge in [-0.15, -0.1) is 0 Å². The Kier molecular flexibility index (Phi) is 7.47. The Bertz CT molecular complexity index is 391. The van der Waals surface area contributed by atoms with E-state index in [-0.39, 0.29) is 18.9 Å². The summed E-state index contributed by atoms with van der Waals surface area (Å²) in [7, 11) is -1.68. The van der Waals surface area contributed by atoms with Crippen molar-refractivity contribution < 1.29 is 17.9 Å². The number of methoxy groups -OCH3 is 1. The zero-order chi connectivity index (χ0) is 15.0. The minimum Gasteiger partial charge on any atom is -0.385 e. The summed E-state index contributed by atoms with van der Waals surface area (Å²) in [5, 5.41) is 0. The Labute approximate surface area is 122 Å². The molecule has 1 amide bonds. The van der Waals surface area contributed by atoms with Gasteiger partial charge in [-0.3, -0.25) is 4.79 Å². The molecule has 0 aliphatic carbocycles. The van der Waals surface area contributed by atoms with Gasteiger partial charge in [-0.05, 0) is 25.7 Å². The first kappa shape index (κ1) is 17.4. The van der Waals surface area contributed by atoms with Crippen LogP contribution in [0.4, 0.5) is 0 Å². The zero-order valence-corrected chi connectivity index (χ0v) is 13.3. The standard InChI is InChI=1S/C13H26N2O4S/c1-19-12-6-10-15(20(2,17)18)11-7-13(16)14-8-4-3-5-9-14/h3-12H2,1-2H3. The molecule has 6 nitrogen and oxygen atoms in total. The predicted molar refractivity (Wildman–Crippen MR) is 78.0 cm³/mol. The van der Waals surface area contributed by atoms with E-state index in [9.17, 15) is 13.2 Å². The smallest absolute Gasteiger partial charge is 0.223 e. The highest BCUT2D eigenvalue weighted by Gasteiger charge is 2.20. The van der Waals surface area contributed by atoms with Crippen molar-refractivity contribution in [3.63, 3.8) is 0 Å². The minimum absolute atomic E-state index is 0.0603. The first-order valence-electron chi connectivity index (χ1n) is 7.17. The molecule has 1 heterocycles. The van der Waals surface area contributed by atoms with Crippen LogP contribution in [-0.2, 0) is 19.6 Å². The molecule has 0 bridgehead atoms. The fraction of sp³-hybridized carbons (Fsp3) is 0.923. The molecule has 0 aromatic carbocycles. The van der Waals surface area contributed by atoms with Gasteiger partial charge in [0.1, 0.15) is 0 Å². The van der Waals surface area contributed by atoms with E-state index < -0.39 is 10.0 Å². The van der Waals surface area contributed by atoms with E-state index >= 15 is 0 Å². The lowest BCUT2D eigenvalue weighted by molar-refractivity contribution is -0.132. The third-order valence-corrected chi connectivity index (χ3v) is 4.81. The third-order valence-electron chi connectivity index (χ3n) is 3.51. The molecule has 20 heavy (non-hydrogen) atoms. The number of likely N-dealkylation sites (tertiary alicyclic amines) is 1. The molecule has 7 heteroatoms. The maximum atomic E-state index is 12.0. The van der Waals surface area contributed by atoms with Crippen LogP contribution in [0.3, 0.4) is 0 Å². The molecule has 118 valence electrons. The van der Waals surface area contributed by atoms with Crippen molar-refractivity contribution in [2.24, 2.45) is 0 Å². The van der Waals surface area contributed by atoms with Gasteiger partial charge in [-0.25, -0.2) is 12.7 Å². The second kappa shape index (κ2) is 8.59. The second-order valence-electron chi connectivity index (χ2n) is 5.20. The van der Waals surface area contributed by atoms with Gasteiger partial charge in [0.2, 0.25) is 15.9 Å². The number of hydrogen-bond donors (Lipinski definition) is 0. The first-order valence-corrected chi connectivity index (χ1v) is 9.02. The largest absolute Gasteiger partial charge is 0.385 e. The maximum absolute atomic E-state index is 12.0. The molecule has 0 atom stereocenters. The quantitative estimate of drug-likeness (QED) is 0.619. The number of piperidine rings is 1. The predicted octanol–water partition coefficient (Wildman–Crippen LogP) is 0.687. The van der Waals surface area contributed by atoms with Crippen molar-refractivity contribution >= 4 is 15.9 Å². The van der Waals surface area contributed by atoms with Gasteiger partial charge in [0.15, 0.2) is 0 Å². The fourth-order valence-electron chi connectivity index (χ4n) is 2.35. The molecular formula is C13H26N2O4S. The Morgan fingerprint density at radius 2 is 1.85 bits per heavy atom. The van der Waals surface area contributed by atoms with E-state index in [1.165, 1.54) is 17.0 Å². The van der Waals surface area contributed by atoms with Crippen molar-refractivity contribution in [2.75, 3.05) is 46.2 Å². The average Bonchev–Trinajstić information content (AvgIpc) is 2.42. The van der Waals surface area contributed by atoms with E-state index in [1.807, 2.05) is 4.90 Å². The molecule has 0 saturated carbocycles. The number of sulfonamides is 1. The summed E-state index contributed by atoms with van der Waals surface area (Å²) >= 11 is 0. The molecule has 1 fully saturated rings. The van der Waals surface area contributed by atoms with Crippen LogP contribution in [0.15, 0.2) is 0 Å². The lowest BCUT2D eigenvalue weighted by atomic mass is 10.1. The molecule has 0 aromatic heterocycles. The lowest BCUT2D eigenvalue weighted by Crippen LogP contribution is -2.39. The van der Waals surface area contributed by atoms with Gasteiger partial charge in [-0.2, -0.15) is 0 Å². The van der Waals surface area contributed by atoms with E-state index in [1.54, 1.807) is 7.11 Å². The number of ether oxygens (including phenoxy) is 1. The molecule has 0 N–H and O–H groups in total. The summed E-state index contributed by atoms with van der Waals surface area (Å²) < 4.78 is 29.6. The Morgan fingerprint density at radius 3 is 2.40 bits per heavy atom. The number of nitrogens with zero attached hydrogens (tertiary/aromatic N) is 2. The van der Waals surface area contributed by atoms with Crippen LogP contribution in [0.2, 0.25) is 0 Å². The maximum Gasteiger partial charge on any atom is 0.223 e. The Hall–Kier alpha value is -0.660. The van der Waals surface area contributed by atoms with Crippen LogP contribution in [-0.4, -0.2) is 69.7 Å². The van der Waals surface area contributed by atoms with Crippen LogP contribution in [0, 0.1) is 0 Å². The number of amides is 1. The summed E-state index contributed by atoms with van der Waals surface area (Å²) in [6, 6.07) is 0. The first-order chi connectivity index (χ1) is 9.45. The van der Waals surface area contributed by atoms with Crippen molar-refractivity contribution in [3.8, 4) is 0 Å². The van der Waals surface area contributed by atoms with Gasteiger partial charge in [0.05, 0.1) is 6.26 Å². The second-order valence-corrected chi connectivity index (χ2v) is 7.18. The monoisotopic (exact) mass is 306 g/mol. The van der Waals surface area contributed by atoms with Gasteiger partial charge in [-0.1, -0.05) is 0 Å². The molecule has 0 unspecified atom stereocenters. The van der Waals surface area contributed by atoms with Crippen LogP contribution < -0.4 is 0 Å². The average molecular weight is 306 g/mol.